The van der Waals surface area contributed by atoms with Crippen molar-refractivity contribution in [3.8, 4) is 5.75 Å². The number of benzene rings is 2. The van der Waals surface area contributed by atoms with Gasteiger partial charge in [-0.15, -0.1) is 0 Å². The minimum Gasteiger partial charge on any atom is -0.495 e. The van der Waals surface area contributed by atoms with E-state index in [0.29, 0.717) is 23.5 Å². The Morgan fingerprint density at radius 1 is 1.07 bits per heavy atom. The van der Waals surface area contributed by atoms with Crippen LogP contribution in [0.1, 0.15) is 52.5 Å². The van der Waals surface area contributed by atoms with E-state index in [9.17, 15) is 9.59 Å². The van der Waals surface area contributed by atoms with Crippen LogP contribution in [0.15, 0.2) is 42.5 Å². The number of ether oxygens (including phenoxy) is 2. The molecule has 2 rings (SSSR count). The fourth-order valence-corrected chi connectivity index (χ4v) is 3.05. The molecule has 1 amide bonds. The highest BCUT2D eigenvalue weighted by Crippen LogP contribution is 2.33. The van der Waals surface area contributed by atoms with Gasteiger partial charge in [-0.1, -0.05) is 19.1 Å². The summed E-state index contributed by atoms with van der Waals surface area (Å²) < 4.78 is 10.7. The van der Waals surface area contributed by atoms with Crippen molar-refractivity contribution in [1.29, 1.82) is 0 Å². The van der Waals surface area contributed by atoms with Gasteiger partial charge in [0, 0.05) is 18.7 Å². The normalized spacial score (nSPS) is 12.2. The number of carbonyl (C=O) groups is 2. The predicted molar refractivity (Wildman–Crippen MR) is 116 cm³/mol. The van der Waals surface area contributed by atoms with Crippen LogP contribution in [0, 0.1) is 0 Å². The van der Waals surface area contributed by atoms with Crippen molar-refractivity contribution >= 4 is 28.9 Å². The summed E-state index contributed by atoms with van der Waals surface area (Å²) in [4.78, 5) is 26.0. The summed E-state index contributed by atoms with van der Waals surface area (Å²) in [5, 5.41) is 0. The third kappa shape index (κ3) is 5.98. The van der Waals surface area contributed by atoms with Gasteiger partial charge in [-0.3, -0.25) is 14.5 Å². The molecule has 156 valence electrons. The van der Waals surface area contributed by atoms with E-state index in [1.54, 1.807) is 23.1 Å². The zero-order chi connectivity index (χ0) is 21.8. The Bertz CT molecular complexity index is 869. The molecule has 2 N–H and O–H groups in total. The Hall–Kier alpha value is -3.02. The van der Waals surface area contributed by atoms with Crippen molar-refractivity contribution in [2.45, 2.75) is 52.6 Å². The van der Waals surface area contributed by atoms with Gasteiger partial charge < -0.3 is 15.2 Å². The largest absolute Gasteiger partial charge is 0.495 e. The number of hydrogen-bond acceptors (Lipinski definition) is 5. The zero-order valence-corrected chi connectivity index (χ0v) is 18.0. The van der Waals surface area contributed by atoms with Crippen LogP contribution in [-0.4, -0.2) is 24.6 Å². The Labute approximate surface area is 172 Å². The van der Waals surface area contributed by atoms with Crippen molar-refractivity contribution in [1.82, 2.24) is 0 Å². The molecular formula is C23H30N2O4. The lowest BCUT2D eigenvalue weighted by Gasteiger charge is -2.23. The standard InChI is InChI=1S/C23H30N2O4/c1-15(13-22(27)29-23(3,4)5)17-7-9-18(10-8-17)25(16(2)26)19-11-12-20(24)21(14-19)28-6/h7-12,14-15H,13,24H2,1-6H3. The molecule has 29 heavy (non-hydrogen) atoms. The second-order valence-electron chi connectivity index (χ2n) is 8.06. The summed E-state index contributed by atoms with van der Waals surface area (Å²) in [6, 6.07) is 12.8. The number of nitrogens with zero attached hydrogens (tertiary/aromatic N) is 1. The number of anilines is 3. The first kappa shape index (κ1) is 22.3. The zero-order valence-electron chi connectivity index (χ0n) is 18.0. The van der Waals surface area contributed by atoms with E-state index in [4.69, 9.17) is 15.2 Å². The Morgan fingerprint density at radius 3 is 2.17 bits per heavy atom. The van der Waals surface area contributed by atoms with Crippen LogP contribution < -0.4 is 15.4 Å². The third-order valence-electron chi connectivity index (χ3n) is 4.40. The second kappa shape index (κ2) is 8.99. The summed E-state index contributed by atoms with van der Waals surface area (Å²) in [5.74, 6) is 0.150. The van der Waals surface area contributed by atoms with Crippen LogP contribution in [0.5, 0.6) is 5.75 Å². The molecule has 2 aromatic rings. The highest BCUT2D eigenvalue weighted by molar-refractivity contribution is 5.99. The topological polar surface area (TPSA) is 81.9 Å². The van der Waals surface area contributed by atoms with Gasteiger partial charge in [0.1, 0.15) is 11.4 Å². The van der Waals surface area contributed by atoms with E-state index in [-0.39, 0.29) is 17.8 Å². The van der Waals surface area contributed by atoms with Crippen molar-refractivity contribution in [2.24, 2.45) is 0 Å². The van der Waals surface area contributed by atoms with Crippen molar-refractivity contribution in [2.75, 3.05) is 17.7 Å². The molecule has 0 bridgehead atoms. The average molecular weight is 399 g/mol. The lowest BCUT2D eigenvalue weighted by atomic mass is 9.97. The predicted octanol–water partition coefficient (Wildman–Crippen LogP) is 4.80. The smallest absolute Gasteiger partial charge is 0.306 e. The maximum atomic E-state index is 12.3. The summed E-state index contributed by atoms with van der Waals surface area (Å²) in [6.45, 7) is 9.04. The highest BCUT2D eigenvalue weighted by atomic mass is 16.6. The average Bonchev–Trinajstić information content (AvgIpc) is 2.61. The number of methoxy groups -OCH3 is 1. The van der Waals surface area contributed by atoms with Gasteiger partial charge in [0.2, 0.25) is 5.91 Å². The monoisotopic (exact) mass is 398 g/mol. The number of nitrogen functional groups attached to an aromatic ring is 1. The van der Waals surface area contributed by atoms with E-state index in [2.05, 4.69) is 0 Å². The molecule has 0 saturated heterocycles. The maximum Gasteiger partial charge on any atom is 0.306 e. The van der Waals surface area contributed by atoms with Gasteiger partial charge in [0.05, 0.1) is 24.9 Å². The summed E-state index contributed by atoms with van der Waals surface area (Å²) >= 11 is 0. The van der Waals surface area contributed by atoms with Crippen LogP contribution in [0.3, 0.4) is 0 Å². The van der Waals surface area contributed by atoms with Crippen molar-refractivity contribution < 1.29 is 19.1 Å². The van der Waals surface area contributed by atoms with E-state index in [1.807, 2.05) is 52.0 Å². The SMILES string of the molecule is COc1cc(N(C(C)=O)c2ccc(C(C)CC(=O)OC(C)(C)C)cc2)ccc1N. The number of nitrogens with two attached hydrogens (primary N) is 1. The molecule has 1 atom stereocenters. The van der Waals surface area contributed by atoms with Gasteiger partial charge in [-0.05, 0) is 56.5 Å². The molecule has 0 aliphatic heterocycles. The van der Waals surface area contributed by atoms with Crippen LogP contribution >= 0.6 is 0 Å². The molecule has 6 nitrogen and oxygen atoms in total. The Balaban J connectivity index is 2.22. The summed E-state index contributed by atoms with van der Waals surface area (Å²) in [5.41, 5.74) is 8.27. The lowest BCUT2D eigenvalue weighted by Crippen LogP contribution is -2.24. The molecule has 1 unspecified atom stereocenters. The summed E-state index contributed by atoms with van der Waals surface area (Å²) in [7, 11) is 1.54. The van der Waals surface area contributed by atoms with Crippen molar-refractivity contribution in [3.05, 3.63) is 48.0 Å². The van der Waals surface area contributed by atoms with Crippen molar-refractivity contribution in [3.63, 3.8) is 0 Å². The molecule has 0 aromatic heterocycles. The van der Waals surface area contributed by atoms with E-state index in [0.717, 1.165) is 11.3 Å². The molecule has 0 aliphatic carbocycles. The molecule has 0 radical (unpaired) electrons. The molecular weight excluding hydrogens is 368 g/mol. The van der Waals surface area contributed by atoms with Crippen LogP contribution in [0.2, 0.25) is 0 Å². The molecule has 2 aromatic carbocycles. The molecule has 6 heteroatoms. The fourth-order valence-electron chi connectivity index (χ4n) is 3.05. The van der Waals surface area contributed by atoms with E-state index < -0.39 is 5.60 Å². The number of hydrogen-bond donors (Lipinski definition) is 1. The summed E-state index contributed by atoms with van der Waals surface area (Å²) in [6.07, 6.45) is 0.294. The second-order valence-corrected chi connectivity index (χ2v) is 8.06. The molecule has 0 saturated carbocycles. The molecule has 0 heterocycles. The minimum atomic E-state index is -0.497. The lowest BCUT2D eigenvalue weighted by molar-refractivity contribution is -0.155. The van der Waals surface area contributed by atoms with E-state index >= 15 is 0 Å². The van der Waals surface area contributed by atoms with Gasteiger partial charge in [0.15, 0.2) is 0 Å². The van der Waals surface area contributed by atoms with Crippen LogP contribution in [-0.2, 0) is 14.3 Å². The van der Waals surface area contributed by atoms with Crippen LogP contribution in [0.4, 0.5) is 17.1 Å². The van der Waals surface area contributed by atoms with Crippen LogP contribution in [0.25, 0.3) is 0 Å². The van der Waals surface area contributed by atoms with Gasteiger partial charge in [-0.25, -0.2) is 0 Å². The Kier molecular flexibility index (Phi) is 6.90. The first-order chi connectivity index (χ1) is 13.5. The number of esters is 1. The Morgan fingerprint density at radius 2 is 1.66 bits per heavy atom. The maximum absolute atomic E-state index is 12.3. The highest BCUT2D eigenvalue weighted by Gasteiger charge is 2.20. The molecule has 0 fully saturated rings. The fraction of sp³-hybridized carbons (Fsp3) is 0.391. The number of carbonyl (C=O) groups excluding carboxylic acids is 2. The number of amides is 1. The molecule has 0 aliphatic rings. The van der Waals surface area contributed by atoms with Gasteiger partial charge >= 0.3 is 5.97 Å². The quantitative estimate of drug-likeness (QED) is 0.558. The van der Waals surface area contributed by atoms with Gasteiger partial charge in [0.25, 0.3) is 0 Å². The minimum absolute atomic E-state index is 0.00120. The number of rotatable bonds is 6. The van der Waals surface area contributed by atoms with Gasteiger partial charge in [-0.2, -0.15) is 0 Å². The first-order valence-electron chi connectivity index (χ1n) is 9.58. The molecule has 0 spiro atoms. The third-order valence-corrected chi connectivity index (χ3v) is 4.40. The van der Waals surface area contributed by atoms with E-state index in [1.165, 1.54) is 14.0 Å². The first-order valence-corrected chi connectivity index (χ1v) is 9.58.